The molecule has 3 rings (SSSR count). The standard InChI is InChI=1S/C19H25N7O2/c1-15-4-6-16(7-5-15)28-13-10-26(14-20)19-22-17(24(2)3)21-18(23-19)25-8-11-27-12-9-25/h4-7H,8-13H2,1-3H3. The van der Waals surface area contributed by atoms with Crippen LogP contribution < -0.4 is 19.4 Å². The van der Waals surface area contributed by atoms with Crippen LogP contribution in [0.25, 0.3) is 0 Å². The van der Waals surface area contributed by atoms with Crippen LogP contribution in [0.4, 0.5) is 17.8 Å². The van der Waals surface area contributed by atoms with Gasteiger partial charge in [0.15, 0.2) is 6.19 Å². The molecule has 0 unspecified atom stereocenters. The molecule has 1 fully saturated rings. The Morgan fingerprint density at radius 3 is 2.43 bits per heavy atom. The fourth-order valence-corrected chi connectivity index (χ4v) is 2.65. The van der Waals surface area contributed by atoms with Gasteiger partial charge in [-0.25, -0.2) is 4.90 Å². The fourth-order valence-electron chi connectivity index (χ4n) is 2.65. The molecule has 1 aliphatic heterocycles. The molecule has 1 aromatic carbocycles. The van der Waals surface area contributed by atoms with E-state index in [2.05, 4.69) is 21.1 Å². The first-order valence-electron chi connectivity index (χ1n) is 9.19. The van der Waals surface area contributed by atoms with Crippen molar-refractivity contribution < 1.29 is 9.47 Å². The number of ether oxygens (including phenoxy) is 2. The van der Waals surface area contributed by atoms with Crippen molar-refractivity contribution in [3.05, 3.63) is 29.8 Å². The molecule has 0 radical (unpaired) electrons. The van der Waals surface area contributed by atoms with Crippen LogP contribution in [-0.2, 0) is 4.74 Å². The van der Waals surface area contributed by atoms with Crippen LogP contribution in [0.2, 0.25) is 0 Å². The van der Waals surface area contributed by atoms with Gasteiger partial charge in [0.05, 0.1) is 19.8 Å². The second kappa shape index (κ2) is 9.19. The summed E-state index contributed by atoms with van der Waals surface area (Å²) in [5.41, 5.74) is 1.17. The van der Waals surface area contributed by atoms with Gasteiger partial charge in [-0.1, -0.05) is 17.7 Å². The summed E-state index contributed by atoms with van der Waals surface area (Å²) in [6.07, 6.45) is 2.15. The lowest BCUT2D eigenvalue weighted by Gasteiger charge is -2.28. The lowest BCUT2D eigenvalue weighted by atomic mass is 10.2. The third-order valence-corrected chi connectivity index (χ3v) is 4.26. The van der Waals surface area contributed by atoms with Gasteiger partial charge in [0, 0.05) is 27.2 Å². The number of benzene rings is 1. The lowest BCUT2D eigenvalue weighted by Crippen LogP contribution is -2.38. The zero-order chi connectivity index (χ0) is 19.9. The minimum atomic E-state index is 0.315. The molecule has 28 heavy (non-hydrogen) atoms. The van der Waals surface area contributed by atoms with Crippen LogP contribution in [0, 0.1) is 18.4 Å². The van der Waals surface area contributed by atoms with Crippen molar-refractivity contribution in [1.82, 2.24) is 15.0 Å². The van der Waals surface area contributed by atoms with E-state index in [9.17, 15) is 5.26 Å². The van der Waals surface area contributed by atoms with E-state index in [-0.39, 0.29) is 0 Å². The van der Waals surface area contributed by atoms with Crippen LogP contribution in [0.3, 0.4) is 0 Å². The Hall–Kier alpha value is -3.12. The maximum atomic E-state index is 9.62. The summed E-state index contributed by atoms with van der Waals surface area (Å²) in [5.74, 6) is 2.14. The number of hydrogen-bond acceptors (Lipinski definition) is 9. The summed E-state index contributed by atoms with van der Waals surface area (Å²) in [6.45, 7) is 5.38. The van der Waals surface area contributed by atoms with E-state index in [4.69, 9.17) is 9.47 Å². The first-order valence-corrected chi connectivity index (χ1v) is 9.19. The van der Waals surface area contributed by atoms with E-state index >= 15 is 0 Å². The number of nitriles is 1. The molecule has 1 aliphatic rings. The first-order chi connectivity index (χ1) is 13.6. The van der Waals surface area contributed by atoms with Crippen LogP contribution in [0.5, 0.6) is 5.75 Å². The van der Waals surface area contributed by atoms with Crippen molar-refractivity contribution in [3.8, 4) is 11.9 Å². The van der Waals surface area contributed by atoms with E-state index in [1.165, 1.54) is 10.5 Å². The van der Waals surface area contributed by atoms with Gasteiger partial charge in [0.2, 0.25) is 17.8 Å². The van der Waals surface area contributed by atoms with E-state index in [0.29, 0.717) is 57.3 Å². The SMILES string of the molecule is Cc1ccc(OCCN(C#N)c2nc(N(C)C)nc(N3CCOCC3)n2)cc1. The first kappa shape index (κ1) is 19.6. The molecular formula is C19H25N7O2. The number of anilines is 3. The summed E-state index contributed by atoms with van der Waals surface area (Å²) in [4.78, 5) is 18.7. The smallest absolute Gasteiger partial charge is 0.245 e. The highest BCUT2D eigenvalue weighted by atomic mass is 16.5. The van der Waals surface area contributed by atoms with Crippen LogP contribution in [0.15, 0.2) is 24.3 Å². The number of rotatable bonds is 7. The molecule has 0 saturated carbocycles. The molecule has 0 N–H and O–H groups in total. The molecule has 0 atom stereocenters. The molecular weight excluding hydrogens is 358 g/mol. The average molecular weight is 383 g/mol. The highest BCUT2D eigenvalue weighted by Gasteiger charge is 2.20. The zero-order valence-electron chi connectivity index (χ0n) is 16.5. The number of aromatic nitrogens is 3. The average Bonchev–Trinajstić information content (AvgIpc) is 2.73. The fraction of sp³-hybridized carbons (Fsp3) is 0.474. The normalized spacial score (nSPS) is 13.7. The van der Waals surface area contributed by atoms with E-state index in [1.807, 2.05) is 50.2 Å². The Morgan fingerprint density at radius 2 is 1.79 bits per heavy atom. The second-order valence-electron chi connectivity index (χ2n) is 6.64. The molecule has 9 heteroatoms. The molecule has 148 valence electrons. The topological polar surface area (TPSA) is 90.6 Å². The Morgan fingerprint density at radius 1 is 1.11 bits per heavy atom. The third-order valence-electron chi connectivity index (χ3n) is 4.26. The zero-order valence-corrected chi connectivity index (χ0v) is 16.5. The molecule has 2 aromatic rings. The summed E-state index contributed by atoms with van der Waals surface area (Å²) < 4.78 is 11.1. The third kappa shape index (κ3) is 4.98. The number of morpholine rings is 1. The maximum absolute atomic E-state index is 9.62. The van der Waals surface area contributed by atoms with Crippen molar-refractivity contribution in [1.29, 1.82) is 5.26 Å². The quantitative estimate of drug-likeness (QED) is 0.520. The molecule has 9 nitrogen and oxygen atoms in total. The van der Waals surface area contributed by atoms with Crippen LogP contribution in [-0.4, -0.2) is 68.5 Å². The van der Waals surface area contributed by atoms with Crippen molar-refractivity contribution in [2.75, 3.05) is 68.2 Å². The minimum absolute atomic E-state index is 0.315. The Labute approximate surface area is 165 Å². The number of aryl methyl sites for hydroxylation is 1. The monoisotopic (exact) mass is 383 g/mol. The van der Waals surface area contributed by atoms with E-state index < -0.39 is 0 Å². The minimum Gasteiger partial charge on any atom is -0.492 e. The predicted octanol–water partition coefficient (Wildman–Crippen LogP) is 1.45. The van der Waals surface area contributed by atoms with Gasteiger partial charge in [0.25, 0.3) is 0 Å². The van der Waals surface area contributed by atoms with E-state index in [0.717, 1.165) is 5.75 Å². The maximum Gasteiger partial charge on any atom is 0.245 e. The summed E-state index contributed by atoms with van der Waals surface area (Å²) >= 11 is 0. The van der Waals surface area contributed by atoms with Gasteiger partial charge < -0.3 is 19.3 Å². The van der Waals surface area contributed by atoms with Gasteiger partial charge in [-0.2, -0.15) is 20.2 Å². The van der Waals surface area contributed by atoms with Crippen molar-refractivity contribution >= 4 is 17.8 Å². The molecule has 0 spiro atoms. The molecule has 1 saturated heterocycles. The largest absolute Gasteiger partial charge is 0.492 e. The van der Waals surface area contributed by atoms with Gasteiger partial charge in [0.1, 0.15) is 12.4 Å². The second-order valence-corrected chi connectivity index (χ2v) is 6.64. The van der Waals surface area contributed by atoms with Gasteiger partial charge >= 0.3 is 0 Å². The Bertz CT molecular complexity index is 814. The van der Waals surface area contributed by atoms with Crippen LogP contribution >= 0.6 is 0 Å². The summed E-state index contributed by atoms with van der Waals surface area (Å²) in [6, 6.07) is 7.80. The molecule has 2 heterocycles. The lowest BCUT2D eigenvalue weighted by molar-refractivity contribution is 0.122. The molecule has 0 aliphatic carbocycles. The van der Waals surface area contributed by atoms with Gasteiger partial charge in [-0.15, -0.1) is 0 Å². The summed E-state index contributed by atoms with van der Waals surface area (Å²) in [7, 11) is 3.72. The van der Waals surface area contributed by atoms with Crippen LogP contribution in [0.1, 0.15) is 5.56 Å². The van der Waals surface area contributed by atoms with Crippen molar-refractivity contribution in [3.63, 3.8) is 0 Å². The molecule has 1 aromatic heterocycles. The Balaban J connectivity index is 1.73. The van der Waals surface area contributed by atoms with Gasteiger partial charge in [-0.05, 0) is 19.1 Å². The molecule has 0 amide bonds. The Kier molecular flexibility index (Phi) is 6.45. The van der Waals surface area contributed by atoms with E-state index in [1.54, 1.807) is 4.90 Å². The predicted molar refractivity (Wildman–Crippen MR) is 107 cm³/mol. The number of nitrogens with zero attached hydrogens (tertiary/aromatic N) is 7. The van der Waals surface area contributed by atoms with Crippen molar-refractivity contribution in [2.45, 2.75) is 6.92 Å². The highest BCUT2D eigenvalue weighted by molar-refractivity contribution is 5.48. The van der Waals surface area contributed by atoms with Gasteiger partial charge in [-0.3, -0.25) is 0 Å². The highest BCUT2D eigenvalue weighted by Crippen LogP contribution is 2.19. The van der Waals surface area contributed by atoms with Crippen molar-refractivity contribution in [2.24, 2.45) is 0 Å². The summed E-state index contributed by atoms with van der Waals surface area (Å²) in [5, 5.41) is 9.62. The number of hydrogen-bond donors (Lipinski definition) is 0. The molecule has 0 bridgehead atoms.